The van der Waals surface area contributed by atoms with Crippen molar-refractivity contribution < 1.29 is 9.21 Å². The fourth-order valence-electron chi connectivity index (χ4n) is 2.14. The molecule has 1 aromatic carbocycles. The van der Waals surface area contributed by atoms with E-state index in [0.717, 1.165) is 17.9 Å². The Bertz CT molecular complexity index is 781. The molecule has 24 heavy (non-hydrogen) atoms. The molecule has 2 heterocycles. The minimum atomic E-state index is -0.239. The molecule has 2 N–H and O–H groups in total. The molecule has 0 radical (unpaired) electrons. The summed E-state index contributed by atoms with van der Waals surface area (Å²) in [7, 11) is 0. The third-order valence-corrected chi connectivity index (χ3v) is 3.53. The van der Waals surface area contributed by atoms with Crippen molar-refractivity contribution in [3.05, 3.63) is 71.9 Å². The van der Waals surface area contributed by atoms with Crippen molar-refractivity contribution in [3.8, 4) is 0 Å². The Balaban J connectivity index is 1.58. The summed E-state index contributed by atoms with van der Waals surface area (Å²) in [6.45, 7) is 2.58. The van der Waals surface area contributed by atoms with E-state index in [2.05, 4.69) is 27.5 Å². The molecule has 3 rings (SSSR count). The first kappa shape index (κ1) is 15.7. The Kier molecular flexibility index (Phi) is 4.86. The van der Waals surface area contributed by atoms with Crippen LogP contribution in [0.1, 0.15) is 28.6 Å². The van der Waals surface area contributed by atoms with Gasteiger partial charge in [0.2, 0.25) is 5.95 Å². The van der Waals surface area contributed by atoms with E-state index in [4.69, 9.17) is 4.42 Å². The number of amides is 1. The van der Waals surface area contributed by atoms with Crippen molar-refractivity contribution in [1.82, 2.24) is 9.97 Å². The molecule has 0 saturated carbocycles. The van der Waals surface area contributed by atoms with Crippen molar-refractivity contribution in [3.63, 3.8) is 0 Å². The zero-order valence-electron chi connectivity index (χ0n) is 13.3. The van der Waals surface area contributed by atoms with Crippen molar-refractivity contribution >= 4 is 17.5 Å². The lowest BCUT2D eigenvalue weighted by atomic mass is 10.1. The summed E-state index contributed by atoms with van der Waals surface area (Å²) in [5.41, 5.74) is 2.37. The molecule has 0 aliphatic heterocycles. The van der Waals surface area contributed by atoms with Gasteiger partial charge in [-0.25, -0.2) is 9.97 Å². The van der Waals surface area contributed by atoms with E-state index in [1.54, 1.807) is 6.26 Å². The summed E-state index contributed by atoms with van der Waals surface area (Å²) in [6.07, 6.45) is 5.56. The highest BCUT2D eigenvalue weighted by molar-refractivity contribution is 6.03. The standard InChI is InChI=1S/C18H18N4O2/c1-2-13-5-7-15(8-6-13)22-17(23)14-10-19-18(20-11-14)21-12-16-4-3-9-24-16/h3-11H,2,12H2,1H3,(H,22,23)(H,19,20,21). The largest absolute Gasteiger partial charge is 0.467 e. The molecule has 6 heteroatoms. The van der Waals surface area contributed by atoms with Crippen LogP contribution in [0.3, 0.4) is 0 Å². The van der Waals surface area contributed by atoms with Gasteiger partial charge in [-0.3, -0.25) is 4.79 Å². The number of nitrogens with one attached hydrogen (secondary N) is 2. The van der Waals surface area contributed by atoms with Gasteiger partial charge in [0, 0.05) is 18.1 Å². The fourth-order valence-corrected chi connectivity index (χ4v) is 2.14. The molecule has 122 valence electrons. The van der Waals surface area contributed by atoms with E-state index in [1.807, 2.05) is 36.4 Å². The lowest BCUT2D eigenvalue weighted by Gasteiger charge is -2.07. The molecule has 2 aromatic heterocycles. The van der Waals surface area contributed by atoms with E-state index in [0.29, 0.717) is 18.1 Å². The van der Waals surface area contributed by atoms with E-state index < -0.39 is 0 Å². The highest BCUT2D eigenvalue weighted by Gasteiger charge is 2.08. The van der Waals surface area contributed by atoms with Crippen LogP contribution < -0.4 is 10.6 Å². The van der Waals surface area contributed by atoms with E-state index in [-0.39, 0.29) is 5.91 Å². The van der Waals surface area contributed by atoms with Gasteiger partial charge in [0.25, 0.3) is 5.91 Å². The van der Waals surface area contributed by atoms with E-state index in [9.17, 15) is 4.79 Å². The molecule has 1 amide bonds. The van der Waals surface area contributed by atoms with Gasteiger partial charge in [0.1, 0.15) is 5.76 Å². The van der Waals surface area contributed by atoms with Crippen LogP contribution in [0.4, 0.5) is 11.6 Å². The van der Waals surface area contributed by atoms with Gasteiger partial charge in [-0.15, -0.1) is 0 Å². The maximum atomic E-state index is 12.2. The average Bonchev–Trinajstić information content (AvgIpc) is 3.14. The Morgan fingerprint density at radius 3 is 2.50 bits per heavy atom. The normalized spacial score (nSPS) is 10.4. The van der Waals surface area contributed by atoms with Gasteiger partial charge in [-0.1, -0.05) is 19.1 Å². The van der Waals surface area contributed by atoms with Crippen molar-refractivity contribution in [2.75, 3.05) is 10.6 Å². The van der Waals surface area contributed by atoms with Gasteiger partial charge >= 0.3 is 0 Å². The number of aromatic nitrogens is 2. The second-order valence-electron chi connectivity index (χ2n) is 5.23. The molecule has 6 nitrogen and oxygen atoms in total. The summed E-state index contributed by atoms with van der Waals surface area (Å²) < 4.78 is 5.22. The summed E-state index contributed by atoms with van der Waals surface area (Å²) in [4.78, 5) is 20.5. The van der Waals surface area contributed by atoms with Crippen LogP contribution in [-0.2, 0) is 13.0 Å². The van der Waals surface area contributed by atoms with E-state index >= 15 is 0 Å². The molecule has 0 saturated heterocycles. The SMILES string of the molecule is CCc1ccc(NC(=O)c2cnc(NCc3ccco3)nc2)cc1. The third-order valence-electron chi connectivity index (χ3n) is 3.53. The van der Waals surface area contributed by atoms with Crippen molar-refractivity contribution in [1.29, 1.82) is 0 Å². The quantitative estimate of drug-likeness (QED) is 0.726. The first-order valence-electron chi connectivity index (χ1n) is 7.73. The van der Waals surface area contributed by atoms with Crippen LogP contribution in [0, 0.1) is 0 Å². The van der Waals surface area contributed by atoms with Gasteiger partial charge in [0.05, 0.1) is 18.4 Å². The molecule has 0 unspecified atom stereocenters. The van der Waals surface area contributed by atoms with Gasteiger partial charge < -0.3 is 15.1 Å². The Hall–Kier alpha value is -3.15. The molecule has 3 aromatic rings. The van der Waals surface area contributed by atoms with Crippen LogP contribution in [-0.4, -0.2) is 15.9 Å². The van der Waals surface area contributed by atoms with Crippen LogP contribution in [0.5, 0.6) is 0 Å². The van der Waals surface area contributed by atoms with Crippen LogP contribution in [0.25, 0.3) is 0 Å². The molecule has 0 fully saturated rings. The number of carbonyl (C=O) groups excluding carboxylic acids is 1. The van der Waals surface area contributed by atoms with Crippen molar-refractivity contribution in [2.24, 2.45) is 0 Å². The first-order valence-corrected chi connectivity index (χ1v) is 7.73. The minimum Gasteiger partial charge on any atom is -0.467 e. The summed E-state index contributed by atoms with van der Waals surface area (Å²) in [5.74, 6) is 0.989. The summed E-state index contributed by atoms with van der Waals surface area (Å²) in [5, 5.41) is 5.86. The van der Waals surface area contributed by atoms with Crippen LogP contribution in [0.2, 0.25) is 0 Å². The smallest absolute Gasteiger partial charge is 0.258 e. The zero-order chi connectivity index (χ0) is 16.8. The number of furan rings is 1. The molecular formula is C18H18N4O2. The Labute approximate surface area is 140 Å². The molecule has 0 aliphatic carbocycles. The first-order chi connectivity index (χ1) is 11.7. The molecular weight excluding hydrogens is 304 g/mol. The predicted molar refractivity (Wildman–Crippen MR) is 91.8 cm³/mol. The minimum absolute atomic E-state index is 0.239. The van der Waals surface area contributed by atoms with E-state index in [1.165, 1.54) is 18.0 Å². The number of carbonyl (C=O) groups is 1. The Morgan fingerprint density at radius 2 is 1.88 bits per heavy atom. The van der Waals surface area contributed by atoms with Crippen LogP contribution in [0.15, 0.2) is 59.5 Å². The zero-order valence-corrected chi connectivity index (χ0v) is 13.3. The molecule has 0 atom stereocenters. The number of anilines is 2. The predicted octanol–water partition coefficient (Wildman–Crippen LogP) is 3.50. The third kappa shape index (κ3) is 3.98. The highest BCUT2D eigenvalue weighted by atomic mass is 16.3. The summed E-state index contributed by atoms with van der Waals surface area (Å²) >= 11 is 0. The Morgan fingerprint density at radius 1 is 1.12 bits per heavy atom. The maximum Gasteiger partial charge on any atom is 0.258 e. The average molecular weight is 322 g/mol. The van der Waals surface area contributed by atoms with Gasteiger partial charge in [0.15, 0.2) is 0 Å². The van der Waals surface area contributed by atoms with Crippen molar-refractivity contribution in [2.45, 2.75) is 19.9 Å². The topological polar surface area (TPSA) is 80.0 Å². The molecule has 0 spiro atoms. The van der Waals surface area contributed by atoms with Gasteiger partial charge in [-0.05, 0) is 36.2 Å². The summed E-state index contributed by atoms with van der Waals surface area (Å²) in [6, 6.07) is 11.4. The highest BCUT2D eigenvalue weighted by Crippen LogP contribution is 2.12. The van der Waals surface area contributed by atoms with Gasteiger partial charge in [-0.2, -0.15) is 0 Å². The number of benzene rings is 1. The number of hydrogen-bond donors (Lipinski definition) is 2. The second kappa shape index (κ2) is 7.41. The number of hydrogen-bond acceptors (Lipinski definition) is 5. The fraction of sp³-hybridized carbons (Fsp3) is 0.167. The number of nitrogens with zero attached hydrogens (tertiary/aromatic N) is 2. The number of aryl methyl sites for hydroxylation is 1. The molecule has 0 aliphatic rings. The monoisotopic (exact) mass is 322 g/mol. The second-order valence-corrected chi connectivity index (χ2v) is 5.23. The number of rotatable bonds is 6. The van der Waals surface area contributed by atoms with Crippen LogP contribution >= 0.6 is 0 Å². The molecule has 0 bridgehead atoms. The lowest BCUT2D eigenvalue weighted by molar-refractivity contribution is 0.102. The lowest BCUT2D eigenvalue weighted by Crippen LogP contribution is -2.13. The maximum absolute atomic E-state index is 12.2.